The Hall–Kier alpha value is -1.40. The Balaban J connectivity index is 2.05. The van der Waals surface area contributed by atoms with Gasteiger partial charge in [0.15, 0.2) is 9.84 Å². The highest BCUT2D eigenvalue weighted by Crippen LogP contribution is 2.63. The summed E-state index contributed by atoms with van der Waals surface area (Å²) >= 11 is 6.14. The molecule has 0 radical (unpaired) electrons. The smallest absolute Gasteiger partial charge is 0.182 e. The zero-order chi connectivity index (χ0) is 18.9. The SMILES string of the molecule is CCOC[C@]1(CN)[C@H](c2cccc(Cl)c2)[C@H]1S(=O)(=O)c1ccc(C)cc1. The van der Waals surface area contributed by atoms with Crippen LogP contribution >= 0.6 is 11.6 Å². The molecule has 0 unspecified atom stereocenters. The molecule has 0 saturated heterocycles. The van der Waals surface area contributed by atoms with Gasteiger partial charge in [-0.3, -0.25) is 0 Å². The summed E-state index contributed by atoms with van der Waals surface area (Å²) in [4.78, 5) is 0.326. The minimum atomic E-state index is -3.55. The van der Waals surface area contributed by atoms with E-state index in [9.17, 15) is 8.42 Å². The third-order valence-corrected chi connectivity index (χ3v) is 7.80. The van der Waals surface area contributed by atoms with E-state index in [-0.39, 0.29) is 12.5 Å². The van der Waals surface area contributed by atoms with Crippen molar-refractivity contribution in [1.82, 2.24) is 0 Å². The summed E-state index contributed by atoms with van der Waals surface area (Å²) in [6.07, 6.45) is 0. The first kappa shape index (κ1) is 19.4. The van der Waals surface area contributed by atoms with E-state index in [1.54, 1.807) is 18.2 Å². The lowest BCUT2D eigenvalue weighted by Gasteiger charge is -2.16. The van der Waals surface area contributed by atoms with Gasteiger partial charge in [0.2, 0.25) is 0 Å². The second-order valence-corrected chi connectivity index (χ2v) is 9.39. The molecule has 6 heteroatoms. The second kappa shape index (κ2) is 7.31. The van der Waals surface area contributed by atoms with E-state index in [2.05, 4.69) is 0 Å². The molecule has 0 aliphatic heterocycles. The van der Waals surface area contributed by atoms with Crippen molar-refractivity contribution in [2.75, 3.05) is 19.8 Å². The average Bonchev–Trinajstić information content (AvgIpc) is 3.31. The molecular formula is C20H24ClNO3S. The molecule has 1 aliphatic carbocycles. The normalized spacial score (nSPS) is 25.2. The predicted molar refractivity (Wildman–Crippen MR) is 104 cm³/mol. The molecule has 4 nitrogen and oxygen atoms in total. The van der Waals surface area contributed by atoms with Gasteiger partial charge in [-0.25, -0.2) is 8.42 Å². The van der Waals surface area contributed by atoms with Gasteiger partial charge < -0.3 is 10.5 Å². The highest BCUT2D eigenvalue weighted by Gasteiger charge is 2.70. The molecule has 26 heavy (non-hydrogen) atoms. The molecule has 0 spiro atoms. The number of sulfone groups is 1. The Bertz CT molecular complexity index is 882. The molecule has 3 rings (SSSR count). The van der Waals surface area contributed by atoms with Crippen LogP contribution in [0.1, 0.15) is 24.0 Å². The number of benzene rings is 2. The van der Waals surface area contributed by atoms with Gasteiger partial charge >= 0.3 is 0 Å². The number of rotatable bonds is 7. The molecule has 2 aromatic rings. The van der Waals surface area contributed by atoms with Crippen LogP contribution in [-0.2, 0) is 14.6 Å². The van der Waals surface area contributed by atoms with E-state index in [0.29, 0.717) is 23.1 Å². The van der Waals surface area contributed by atoms with Crippen LogP contribution in [0.3, 0.4) is 0 Å². The van der Waals surface area contributed by atoms with E-state index < -0.39 is 20.5 Å². The molecule has 0 bridgehead atoms. The third kappa shape index (κ3) is 3.29. The quantitative estimate of drug-likeness (QED) is 0.780. The number of halogens is 1. The Morgan fingerprint density at radius 2 is 1.88 bits per heavy atom. The summed E-state index contributed by atoms with van der Waals surface area (Å²) in [6.45, 7) is 4.89. The maximum atomic E-state index is 13.4. The fraction of sp³-hybridized carbons (Fsp3) is 0.400. The van der Waals surface area contributed by atoms with Crippen LogP contribution < -0.4 is 5.73 Å². The van der Waals surface area contributed by atoms with Crippen molar-refractivity contribution in [3.8, 4) is 0 Å². The van der Waals surface area contributed by atoms with Crippen molar-refractivity contribution in [2.24, 2.45) is 11.1 Å². The minimum Gasteiger partial charge on any atom is -0.381 e. The topological polar surface area (TPSA) is 69.4 Å². The van der Waals surface area contributed by atoms with Crippen molar-refractivity contribution in [1.29, 1.82) is 0 Å². The van der Waals surface area contributed by atoms with Crippen LogP contribution in [0, 0.1) is 12.3 Å². The van der Waals surface area contributed by atoms with Gasteiger partial charge in [0, 0.05) is 29.5 Å². The Labute approximate surface area is 160 Å². The van der Waals surface area contributed by atoms with Gasteiger partial charge in [-0.05, 0) is 43.7 Å². The van der Waals surface area contributed by atoms with E-state index in [1.165, 1.54) is 0 Å². The molecule has 0 amide bonds. The zero-order valence-electron chi connectivity index (χ0n) is 15.0. The maximum Gasteiger partial charge on any atom is 0.182 e. The van der Waals surface area contributed by atoms with Crippen LogP contribution in [0.2, 0.25) is 5.02 Å². The molecule has 140 valence electrons. The molecule has 1 aliphatic rings. The van der Waals surface area contributed by atoms with Crippen molar-refractivity contribution in [3.05, 3.63) is 64.7 Å². The summed E-state index contributed by atoms with van der Waals surface area (Å²) < 4.78 is 32.4. The largest absolute Gasteiger partial charge is 0.381 e. The van der Waals surface area contributed by atoms with Crippen molar-refractivity contribution in [3.63, 3.8) is 0 Å². The standard InChI is InChI=1S/C20H24ClNO3S/c1-3-25-13-20(12-22)18(15-5-4-6-16(21)11-15)19(20)26(23,24)17-9-7-14(2)8-10-17/h4-11,18-19H,3,12-13,22H2,1-2H3/t18-,19-,20-/m1/s1. The molecule has 3 atom stereocenters. The van der Waals surface area contributed by atoms with Crippen LogP contribution in [0.25, 0.3) is 0 Å². The maximum absolute atomic E-state index is 13.4. The van der Waals surface area contributed by atoms with Crippen molar-refractivity contribution >= 4 is 21.4 Å². The van der Waals surface area contributed by atoms with Crippen LogP contribution in [0.4, 0.5) is 0 Å². The molecule has 0 heterocycles. The number of aryl methyl sites for hydroxylation is 1. The lowest BCUT2D eigenvalue weighted by Crippen LogP contribution is -2.29. The number of hydrogen-bond donors (Lipinski definition) is 1. The average molecular weight is 394 g/mol. The zero-order valence-corrected chi connectivity index (χ0v) is 16.6. The first-order valence-electron chi connectivity index (χ1n) is 8.70. The van der Waals surface area contributed by atoms with E-state index in [1.807, 2.05) is 44.2 Å². The molecule has 2 N–H and O–H groups in total. The molecule has 2 aromatic carbocycles. The molecule has 1 fully saturated rings. The van der Waals surface area contributed by atoms with Crippen molar-refractivity contribution < 1.29 is 13.2 Å². The van der Waals surface area contributed by atoms with Gasteiger partial charge in [0.25, 0.3) is 0 Å². The van der Waals surface area contributed by atoms with Gasteiger partial charge in [-0.15, -0.1) is 0 Å². The number of nitrogens with two attached hydrogens (primary N) is 1. The minimum absolute atomic E-state index is 0.232. The van der Waals surface area contributed by atoms with Gasteiger partial charge in [-0.1, -0.05) is 41.4 Å². The summed E-state index contributed by atoms with van der Waals surface area (Å²) in [5.41, 5.74) is 7.36. The van der Waals surface area contributed by atoms with Gasteiger partial charge in [0.05, 0.1) is 16.8 Å². The van der Waals surface area contributed by atoms with Crippen LogP contribution in [0.5, 0.6) is 0 Å². The highest BCUT2D eigenvalue weighted by molar-refractivity contribution is 7.92. The molecule has 1 saturated carbocycles. The fourth-order valence-electron chi connectivity index (χ4n) is 3.79. The number of ether oxygens (including phenoxy) is 1. The second-order valence-electron chi connectivity index (χ2n) is 6.89. The predicted octanol–water partition coefficient (Wildman–Crippen LogP) is 3.57. The van der Waals surface area contributed by atoms with E-state index >= 15 is 0 Å². The third-order valence-electron chi connectivity index (χ3n) is 5.23. The number of hydrogen-bond acceptors (Lipinski definition) is 4. The summed E-state index contributed by atoms with van der Waals surface area (Å²) in [6, 6.07) is 14.3. The van der Waals surface area contributed by atoms with Gasteiger partial charge in [0.1, 0.15) is 0 Å². The first-order chi connectivity index (χ1) is 12.4. The summed E-state index contributed by atoms with van der Waals surface area (Å²) in [5.74, 6) is -0.232. The lowest BCUT2D eigenvalue weighted by atomic mass is 10.00. The Kier molecular flexibility index (Phi) is 5.45. The first-order valence-corrected chi connectivity index (χ1v) is 10.6. The summed E-state index contributed by atoms with van der Waals surface area (Å²) in [5, 5.41) is -0.0315. The van der Waals surface area contributed by atoms with Crippen LogP contribution in [-0.4, -0.2) is 33.4 Å². The fourth-order valence-corrected chi connectivity index (χ4v) is 6.43. The highest BCUT2D eigenvalue weighted by atomic mass is 35.5. The van der Waals surface area contributed by atoms with Gasteiger partial charge in [-0.2, -0.15) is 0 Å². The molecule has 0 aromatic heterocycles. The molecular weight excluding hydrogens is 370 g/mol. The Morgan fingerprint density at radius 1 is 1.19 bits per heavy atom. The van der Waals surface area contributed by atoms with E-state index in [0.717, 1.165) is 11.1 Å². The lowest BCUT2D eigenvalue weighted by molar-refractivity contribution is 0.101. The monoisotopic (exact) mass is 393 g/mol. The van der Waals surface area contributed by atoms with Crippen LogP contribution in [0.15, 0.2) is 53.4 Å². The van der Waals surface area contributed by atoms with Crippen molar-refractivity contribution in [2.45, 2.75) is 29.9 Å². The Morgan fingerprint density at radius 3 is 2.46 bits per heavy atom. The van der Waals surface area contributed by atoms with E-state index in [4.69, 9.17) is 22.1 Å². The summed E-state index contributed by atoms with van der Waals surface area (Å²) in [7, 11) is -3.55.